The van der Waals surface area contributed by atoms with Crippen molar-refractivity contribution in [2.24, 2.45) is 5.92 Å². The van der Waals surface area contributed by atoms with Gasteiger partial charge in [-0.25, -0.2) is 13.2 Å². The first-order valence-corrected chi connectivity index (χ1v) is 10.1. The van der Waals surface area contributed by atoms with Crippen LogP contribution in [0.25, 0.3) is 11.1 Å². The van der Waals surface area contributed by atoms with E-state index in [2.05, 4.69) is 14.9 Å². The summed E-state index contributed by atoms with van der Waals surface area (Å²) in [6.45, 7) is 7.83. The molecule has 0 saturated heterocycles. The van der Waals surface area contributed by atoms with Crippen LogP contribution in [-0.4, -0.2) is 23.2 Å². The number of aryl methyl sites for hydroxylation is 2. The number of nitrogens with zero attached hydrogens (tertiary/aromatic N) is 3. The smallest absolute Gasteiger partial charge is 0.419 e. The molecule has 0 bridgehead atoms. The SMILES string of the molecule is CCn1c(=O)oc2cc(S(=O)(=O)NC(CC(C)C)c3nnc(C)o3)ccc21. The van der Waals surface area contributed by atoms with E-state index < -0.39 is 21.8 Å². The van der Waals surface area contributed by atoms with Gasteiger partial charge < -0.3 is 8.83 Å². The molecule has 3 rings (SSSR count). The Kier molecular flexibility index (Phi) is 5.20. The summed E-state index contributed by atoms with van der Waals surface area (Å²) >= 11 is 0. The van der Waals surface area contributed by atoms with Gasteiger partial charge in [0.1, 0.15) is 6.04 Å². The van der Waals surface area contributed by atoms with Gasteiger partial charge in [0.2, 0.25) is 21.8 Å². The van der Waals surface area contributed by atoms with Crippen LogP contribution < -0.4 is 10.5 Å². The summed E-state index contributed by atoms with van der Waals surface area (Å²) in [5.74, 6) is 0.259. The van der Waals surface area contributed by atoms with E-state index in [1.807, 2.05) is 20.8 Å². The second kappa shape index (κ2) is 7.28. The van der Waals surface area contributed by atoms with E-state index in [1.54, 1.807) is 13.0 Å². The summed E-state index contributed by atoms with van der Waals surface area (Å²) in [5, 5.41) is 7.72. The molecule has 0 aliphatic rings. The molecule has 2 heterocycles. The molecule has 2 aromatic heterocycles. The number of hydrogen-bond acceptors (Lipinski definition) is 7. The maximum Gasteiger partial charge on any atom is 0.419 e. The van der Waals surface area contributed by atoms with Crippen LogP contribution >= 0.6 is 0 Å². The Labute approximate surface area is 156 Å². The normalized spacial score (nSPS) is 13.5. The van der Waals surface area contributed by atoms with Crippen LogP contribution in [0.15, 0.2) is 36.7 Å². The van der Waals surface area contributed by atoms with E-state index in [1.165, 1.54) is 16.7 Å². The minimum atomic E-state index is -3.89. The highest BCUT2D eigenvalue weighted by Gasteiger charge is 2.27. The zero-order valence-corrected chi connectivity index (χ0v) is 16.4. The molecule has 3 aromatic rings. The molecule has 146 valence electrons. The molecular formula is C17H22N4O5S. The van der Waals surface area contributed by atoms with Crippen LogP contribution in [0.5, 0.6) is 0 Å². The first-order valence-electron chi connectivity index (χ1n) is 8.67. The van der Waals surface area contributed by atoms with Gasteiger partial charge in [-0.3, -0.25) is 4.57 Å². The Morgan fingerprint density at radius 1 is 1.22 bits per heavy atom. The molecule has 27 heavy (non-hydrogen) atoms. The van der Waals surface area contributed by atoms with Gasteiger partial charge in [0.05, 0.1) is 10.4 Å². The van der Waals surface area contributed by atoms with Crippen molar-refractivity contribution >= 4 is 21.1 Å². The number of oxazole rings is 1. The van der Waals surface area contributed by atoms with Gasteiger partial charge in [0, 0.05) is 19.5 Å². The molecule has 0 radical (unpaired) electrons. The summed E-state index contributed by atoms with van der Waals surface area (Å²) in [5.41, 5.74) is 0.770. The summed E-state index contributed by atoms with van der Waals surface area (Å²) in [6, 6.07) is 3.69. The van der Waals surface area contributed by atoms with E-state index in [0.717, 1.165) is 0 Å². The monoisotopic (exact) mass is 394 g/mol. The average molecular weight is 394 g/mol. The number of aromatic nitrogens is 3. The lowest BCUT2D eigenvalue weighted by Crippen LogP contribution is -2.30. The highest BCUT2D eigenvalue weighted by Crippen LogP contribution is 2.24. The molecule has 1 unspecified atom stereocenters. The largest absolute Gasteiger partial charge is 0.424 e. The van der Waals surface area contributed by atoms with Crippen LogP contribution in [0.4, 0.5) is 0 Å². The molecule has 1 atom stereocenters. The van der Waals surface area contributed by atoms with Crippen LogP contribution in [0, 0.1) is 12.8 Å². The minimum absolute atomic E-state index is 0.00278. The maximum atomic E-state index is 12.9. The molecule has 1 aromatic carbocycles. The number of benzene rings is 1. The second-order valence-corrected chi connectivity index (χ2v) is 8.42. The van der Waals surface area contributed by atoms with E-state index in [-0.39, 0.29) is 22.3 Å². The number of nitrogens with one attached hydrogen (secondary N) is 1. The highest BCUT2D eigenvalue weighted by molar-refractivity contribution is 7.89. The van der Waals surface area contributed by atoms with Crippen molar-refractivity contribution in [2.45, 2.75) is 51.6 Å². The fourth-order valence-electron chi connectivity index (χ4n) is 2.89. The molecule has 9 nitrogen and oxygen atoms in total. The third kappa shape index (κ3) is 3.96. The number of hydrogen-bond donors (Lipinski definition) is 1. The van der Waals surface area contributed by atoms with Crippen molar-refractivity contribution in [2.75, 3.05) is 0 Å². The summed E-state index contributed by atoms with van der Waals surface area (Å²) in [7, 11) is -3.89. The molecular weight excluding hydrogens is 372 g/mol. The summed E-state index contributed by atoms with van der Waals surface area (Å²) < 4.78 is 40.4. The van der Waals surface area contributed by atoms with Crippen LogP contribution in [0.3, 0.4) is 0 Å². The Morgan fingerprint density at radius 2 is 1.96 bits per heavy atom. The van der Waals surface area contributed by atoms with E-state index >= 15 is 0 Å². The van der Waals surface area contributed by atoms with Gasteiger partial charge in [0.25, 0.3) is 0 Å². The van der Waals surface area contributed by atoms with Gasteiger partial charge in [-0.05, 0) is 31.4 Å². The highest BCUT2D eigenvalue weighted by atomic mass is 32.2. The van der Waals surface area contributed by atoms with Gasteiger partial charge in [-0.15, -0.1) is 10.2 Å². The minimum Gasteiger partial charge on any atom is -0.424 e. The third-order valence-electron chi connectivity index (χ3n) is 4.11. The Bertz CT molecular complexity index is 1110. The van der Waals surface area contributed by atoms with Gasteiger partial charge in [0.15, 0.2) is 5.58 Å². The fraction of sp³-hybridized carbons (Fsp3) is 0.471. The van der Waals surface area contributed by atoms with Crippen molar-refractivity contribution < 1.29 is 17.3 Å². The molecule has 0 amide bonds. The van der Waals surface area contributed by atoms with Crippen molar-refractivity contribution in [1.29, 1.82) is 0 Å². The molecule has 0 fully saturated rings. The van der Waals surface area contributed by atoms with Crippen molar-refractivity contribution in [3.8, 4) is 0 Å². The van der Waals surface area contributed by atoms with Crippen molar-refractivity contribution in [3.63, 3.8) is 0 Å². The molecule has 0 saturated carbocycles. The first kappa shape index (κ1) is 19.3. The van der Waals surface area contributed by atoms with Crippen molar-refractivity contribution in [3.05, 3.63) is 40.5 Å². The van der Waals surface area contributed by atoms with Crippen LogP contribution in [0.1, 0.15) is 45.0 Å². The Balaban J connectivity index is 1.96. The molecule has 0 aliphatic heterocycles. The molecule has 0 aliphatic carbocycles. The van der Waals surface area contributed by atoms with Crippen molar-refractivity contribution in [1.82, 2.24) is 19.5 Å². The number of sulfonamides is 1. The predicted octanol–water partition coefficient (Wildman–Crippen LogP) is 2.37. The third-order valence-corrected chi connectivity index (χ3v) is 5.58. The maximum absolute atomic E-state index is 12.9. The zero-order chi connectivity index (χ0) is 19.8. The lowest BCUT2D eigenvalue weighted by Gasteiger charge is -2.17. The lowest BCUT2D eigenvalue weighted by molar-refractivity contribution is 0.372. The topological polar surface area (TPSA) is 120 Å². The average Bonchev–Trinajstić information content (AvgIpc) is 3.15. The van der Waals surface area contributed by atoms with Gasteiger partial charge in [-0.1, -0.05) is 13.8 Å². The van der Waals surface area contributed by atoms with Crippen LogP contribution in [-0.2, 0) is 16.6 Å². The van der Waals surface area contributed by atoms with Crippen LogP contribution in [0.2, 0.25) is 0 Å². The summed E-state index contributed by atoms with van der Waals surface area (Å²) in [6.07, 6.45) is 0.490. The predicted molar refractivity (Wildman–Crippen MR) is 97.7 cm³/mol. The molecule has 10 heteroatoms. The summed E-state index contributed by atoms with van der Waals surface area (Å²) in [4.78, 5) is 11.8. The molecule has 1 N–H and O–H groups in total. The number of rotatable bonds is 7. The second-order valence-electron chi connectivity index (χ2n) is 6.70. The van der Waals surface area contributed by atoms with Gasteiger partial charge >= 0.3 is 5.76 Å². The fourth-order valence-corrected chi connectivity index (χ4v) is 4.11. The Hall–Kier alpha value is -2.46. The quantitative estimate of drug-likeness (QED) is 0.653. The Morgan fingerprint density at radius 3 is 2.56 bits per heavy atom. The molecule has 0 spiro atoms. The lowest BCUT2D eigenvalue weighted by atomic mass is 10.0. The zero-order valence-electron chi connectivity index (χ0n) is 15.6. The van der Waals surface area contributed by atoms with E-state index in [4.69, 9.17) is 8.83 Å². The standard InChI is InChI=1S/C17H22N4O5S/c1-5-21-14-7-6-12(9-15(14)26-17(21)22)27(23,24)20-13(8-10(2)3)16-19-18-11(4)25-16/h6-7,9-10,13,20H,5,8H2,1-4H3. The van der Waals surface area contributed by atoms with Gasteiger partial charge in [-0.2, -0.15) is 4.72 Å². The first-order chi connectivity index (χ1) is 12.7. The van der Waals surface area contributed by atoms with E-state index in [0.29, 0.717) is 24.4 Å². The number of fused-ring (bicyclic) bond motifs is 1. The van der Waals surface area contributed by atoms with E-state index in [9.17, 15) is 13.2 Å².